The molecule has 1 saturated heterocycles. The monoisotopic (exact) mass is 339 g/mol. The SMILES string of the molecule is CCn1cnnc1CCNC1CCN(c2ccc3c(c2)CCC3)CC1. The maximum atomic E-state index is 4.21. The van der Waals surface area contributed by atoms with Gasteiger partial charge in [-0.3, -0.25) is 0 Å². The van der Waals surface area contributed by atoms with Gasteiger partial charge in [-0.05, 0) is 62.3 Å². The zero-order valence-electron chi connectivity index (χ0n) is 15.2. The molecule has 0 bridgehead atoms. The molecule has 0 saturated carbocycles. The van der Waals surface area contributed by atoms with Crippen molar-refractivity contribution in [1.29, 1.82) is 0 Å². The Balaban J connectivity index is 1.24. The van der Waals surface area contributed by atoms with E-state index in [0.29, 0.717) is 6.04 Å². The molecule has 2 aromatic rings. The second-order valence-corrected chi connectivity index (χ2v) is 7.31. The Labute approximate surface area is 150 Å². The van der Waals surface area contributed by atoms with Crippen LogP contribution in [0.3, 0.4) is 0 Å². The third-order valence-electron chi connectivity index (χ3n) is 5.76. The third kappa shape index (κ3) is 3.71. The average molecular weight is 339 g/mol. The van der Waals surface area contributed by atoms with E-state index in [9.17, 15) is 0 Å². The first-order valence-electron chi connectivity index (χ1n) is 9.80. The number of hydrogen-bond donors (Lipinski definition) is 1. The molecular formula is C20H29N5. The Morgan fingerprint density at radius 2 is 2.00 bits per heavy atom. The van der Waals surface area contributed by atoms with E-state index in [1.54, 1.807) is 11.1 Å². The molecule has 2 aliphatic rings. The fourth-order valence-corrected chi connectivity index (χ4v) is 4.22. The van der Waals surface area contributed by atoms with Gasteiger partial charge in [0.05, 0.1) is 0 Å². The van der Waals surface area contributed by atoms with Gasteiger partial charge < -0.3 is 14.8 Å². The Morgan fingerprint density at radius 3 is 2.84 bits per heavy atom. The van der Waals surface area contributed by atoms with Crippen LogP contribution in [0.15, 0.2) is 24.5 Å². The summed E-state index contributed by atoms with van der Waals surface area (Å²) < 4.78 is 2.12. The van der Waals surface area contributed by atoms with E-state index >= 15 is 0 Å². The number of rotatable bonds is 6. The average Bonchev–Trinajstić information content (AvgIpc) is 3.30. The smallest absolute Gasteiger partial charge is 0.134 e. The van der Waals surface area contributed by atoms with Crippen LogP contribution in [0.2, 0.25) is 0 Å². The lowest BCUT2D eigenvalue weighted by Gasteiger charge is -2.34. The van der Waals surface area contributed by atoms with Crippen LogP contribution >= 0.6 is 0 Å². The number of anilines is 1. The van der Waals surface area contributed by atoms with Crippen LogP contribution in [0.4, 0.5) is 5.69 Å². The number of fused-ring (bicyclic) bond motifs is 1. The molecule has 1 aliphatic carbocycles. The van der Waals surface area contributed by atoms with E-state index in [2.05, 4.69) is 50.1 Å². The lowest BCUT2D eigenvalue weighted by atomic mass is 10.0. The van der Waals surface area contributed by atoms with Crippen molar-refractivity contribution in [1.82, 2.24) is 20.1 Å². The van der Waals surface area contributed by atoms with Crippen LogP contribution in [0, 0.1) is 0 Å². The highest BCUT2D eigenvalue weighted by molar-refractivity contribution is 5.52. The largest absolute Gasteiger partial charge is 0.371 e. The van der Waals surface area contributed by atoms with Crippen molar-refractivity contribution in [3.05, 3.63) is 41.5 Å². The van der Waals surface area contributed by atoms with Crippen LogP contribution in [0.25, 0.3) is 0 Å². The lowest BCUT2D eigenvalue weighted by Crippen LogP contribution is -2.43. The van der Waals surface area contributed by atoms with E-state index in [4.69, 9.17) is 0 Å². The molecule has 1 aromatic heterocycles. The topological polar surface area (TPSA) is 46.0 Å². The van der Waals surface area contributed by atoms with Crippen LogP contribution in [0.5, 0.6) is 0 Å². The molecule has 0 spiro atoms. The van der Waals surface area contributed by atoms with E-state index in [1.807, 2.05) is 6.33 Å². The molecule has 1 N–H and O–H groups in total. The van der Waals surface area contributed by atoms with Gasteiger partial charge in [0.1, 0.15) is 12.2 Å². The van der Waals surface area contributed by atoms with Gasteiger partial charge in [0.2, 0.25) is 0 Å². The van der Waals surface area contributed by atoms with Gasteiger partial charge in [0, 0.05) is 44.3 Å². The fourth-order valence-electron chi connectivity index (χ4n) is 4.22. The number of piperidine rings is 1. The zero-order chi connectivity index (χ0) is 17.1. The van der Waals surface area contributed by atoms with Crippen LogP contribution in [0.1, 0.15) is 43.1 Å². The second-order valence-electron chi connectivity index (χ2n) is 7.31. The second kappa shape index (κ2) is 7.56. The highest BCUT2D eigenvalue weighted by Gasteiger charge is 2.20. The molecule has 0 radical (unpaired) electrons. The molecule has 2 heterocycles. The molecule has 25 heavy (non-hydrogen) atoms. The Bertz CT molecular complexity index is 700. The molecule has 1 aliphatic heterocycles. The maximum Gasteiger partial charge on any atom is 0.134 e. The first-order valence-corrected chi connectivity index (χ1v) is 9.80. The van der Waals surface area contributed by atoms with Crippen LogP contribution < -0.4 is 10.2 Å². The Kier molecular flexibility index (Phi) is 5.02. The first kappa shape index (κ1) is 16.6. The number of aryl methyl sites for hydroxylation is 3. The van der Waals surface area contributed by atoms with Crippen LogP contribution in [-0.4, -0.2) is 40.4 Å². The van der Waals surface area contributed by atoms with Crippen molar-refractivity contribution in [2.75, 3.05) is 24.5 Å². The molecule has 0 atom stereocenters. The number of aromatic nitrogens is 3. The molecular weight excluding hydrogens is 310 g/mol. The predicted octanol–water partition coefficient (Wildman–Crippen LogP) is 2.59. The molecule has 5 heteroatoms. The van der Waals surface area contributed by atoms with Gasteiger partial charge in [-0.1, -0.05) is 6.07 Å². The third-order valence-corrected chi connectivity index (χ3v) is 5.76. The standard InChI is InChI=1S/C20H29N5/c1-2-24-15-22-23-20(24)8-11-21-18-9-12-25(13-10-18)19-7-6-16-4-3-5-17(16)14-19/h6-7,14-15,18,21H,2-5,8-13H2,1H3. The summed E-state index contributed by atoms with van der Waals surface area (Å²) in [7, 11) is 0. The molecule has 0 unspecified atom stereocenters. The van der Waals surface area contributed by atoms with Crippen molar-refractivity contribution < 1.29 is 0 Å². The lowest BCUT2D eigenvalue weighted by molar-refractivity contribution is 0.415. The normalized spacial score (nSPS) is 17.9. The van der Waals surface area contributed by atoms with Gasteiger partial charge in [-0.2, -0.15) is 0 Å². The minimum atomic E-state index is 0.628. The van der Waals surface area contributed by atoms with Crippen molar-refractivity contribution in [3.8, 4) is 0 Å². The summed E-state index contributed by atoms with van der Waals surface area (Å²) in [6.07, 6.45) is 9.09. The minimum absolute atomic E-state index is 0.628. The van der Waals surface area contributed by atoms with E-state index in [-0.39, 0.29) is 0 Å². The van der Waals surface area contributed by atoms with E-state index in [1.165, 1.54) is 37.8 Å². The van der Waals surface area contributed by atoms with Gasteiger partial charge in [0.25, 0.3) is 0 Å². The minimum Gasteiger partial charge on any atom is -0.371 e. The number of benzene rings is 1. The summed E-state index contributed by atoms with van der Waals surface area (Å²) in [5.74, 6) is 1.09. The molecule has 134 valence electrons. The van der Waals surface area contributed by atoms with Gasteiger partial charge in [-0.25, -0.2) is 0 Å². The fraction of sp³-hybridized carbons (Fsp3) is 0.600. The summed E-state index contributed by atoms with van der Waals surface area (Å²) in [5.41, 5.74) is 4.58. The highest BCUT2D eigenvalue weighted by Crippen LogP contribution is 2.28. The van der Waals surface area contributed by atoms with Crippen LogP contribution in [-0.2, 0) is 25.8 Å². The number of hydrogen-bond acceptors (Lipinski definition) is 4. The summed E-state index contributed by atoms with van der Waals surface area (Å²) in [6.45, 7) is 6.38. The number of nitrogens with one attached hydrogen (secondary N) is 1. The van der Waals surface area contributed by atoms with Gasteiger partial charge >= 0.3 is 0 Å². The Hall–Kier alpha value is -1.88. The predicted molar refractivity (Wildman–Crippen MR) is 101 cm³/mol. The molecule has 4 rings (SSSR count). The summed E-state index contributed by atoms with van der Waals surface area (Å²) in [5, 5.41) is 11.9. The molecule has 5 nitrogen and oxygen atoms in total. The van der Waals surface area contributed by atoms with Gasteiger partial charge in [-0.15, -0.1) is 10.2 Å². The van der Waals surface area contributed by atoms with E-state index in [0.717, 1.165) is 38.4 Å². The number of nitrogens with zero attached hydrogens (tertiary/aromatic N) is 4. The molecule has 0 amide bonds. The van der Waals surface area contributed by atoms with Gasteiger partial charge in [0.15, 0.2) is 0 Å². The quantitative estimate of drug-likeness (QED) is 0.879. The van der Waals surface area contributed by atoms with E-state index < -0.39 is 0 Å². The zero-order valence-corrected chi connectivity index (χ0v) is 15.2. The summed E-state index contributed by atoms with van der Waals surface area (Å²) in [4.78, 5) is 2.56. The molecule has 1 fully saturated rings. The first-order chi connectivity index (χ1) is 12.3. The Morgan fingerprint density at radius 1 is 1.16 bits per heavy atom. The molecule has 1 aromatic carbocycles. The highest BCUT2D eigenvalue weighted by atomic mass is 15.3. The maximum absolute atomic E-state index is 4.21. The summed E-state index contributed by atoms with van der Waals surface area (Å²) >= 11 is 0. The van der Waals surface area contributed by atoms with Crippen molar-refractivity contribution in [2.45, 2.75) is 58.0 Å². The van der Waals surface area contributed by atoms with Crippen molar-refractivity contribution in [2.24, 2.45) is 0 Å². The summed E-state index contributed by atoms with van der Waals surface area (Å²) in [6, 6.07) is 7.75. The van der Waals surface area contributed by atoms with Crippen molar-refractivity contribution >= 4 is 5.69 Å². The van der Waals surface area contributed by atoms with Crippen molar-refractivity contribution in [3.63, 3.8) is 0 Å².